The molecule has 0 bridgehead atoms. The van der Waals surface area contributed by atoms with E-state index in [-0.39, 0.29) is 39.7 Å². The van der Waals surface area contributed by atoms with Gasteiger partial charge in [-0.05, 0) is 43.0 Å². The average Bonchev–Trinajstić information content (AvgIpc) is 3.22. The second kappa shape index (κ2) is 9.25. The van der Waals surface area contributed by atoms with Crippen LogP contribution in [-0.2, 0) is 9.84 Å². The van der Waals surface area contributed by atoms with Crippen molar-refractivity contribution in [2.45, 2.75) is 38.6 Å². The standard InChI is InChI=1S/C23H28ClFN7O3S/c1-13-7-20(27-23-26-10-18(24)22(29-23)28-21-8-14(2)30-31-21)19(25)9-17(13)15-3-5-32(33,6-4-15)16-11-36(34,35)12-16/h7-10,15-16,33H,3-6,11-12H2,1-2H3,(H3,26,27,28,29,30,31)/q+1. The second-order valence-electron chi connectivity index (χ2n) is 9.70. The normalized spacial score (nSPS) is 23.8. The number of anilines is 4. The van der Waals surface area contributed by atoms with Crippen molar-refractivity contribution in [1.29, 1.82) is 0 Å². The number of piperidine rings is 1. The van der Waals surface area contributed by atoms with Crippen molar-refractivity contribution < 1.29 is 22.7 Å². The highest BCUT2D eigenvalue weighted by Crippen LogP contribution is 2.37. The monoisotopic (exact) mass is 536 g/mol. The van der Waals surface area contributed by atoms with E-state index in [0.29, 0.717) is 42.6 Å². The van der Waals surface area contributed by atoms with Crippen molar-refractivity contribution in [3.05, 3.63) is 52.1 Å². The number of H-pyrrole nitrogens is 1. The number of aryl methyl sites for hydroxylation is 2. The zero-order chi connectivity index (χ0) is 25.7. The molecule has 0 saturated carbocycles. The Morgan fingerprint density at radius 2 is 1.89 bits per heavy atom. The summed E-state index contributed by atoms with van der Waals surface area (Å²) in [6, 6.07) is 4.79. The SMILES string of the molecule is Cc1cc(Nc2nc(Nc3cc(C)c(C4CC[N+](O)(C5CS(=O)(=O)C5)CC4)cc3F)ncc2Cl)n[nH]1. The van der Waals surface area contributed by atoms with Gasteiger partial charge in [0.1, 0.15) is 41.5 Å². The van der Waals surface area contributed by atoms with Crippen molar-refractivity contribution in [3.63, 3.8) is 0 Å². The number of hydroxylamine groups is 3. The molecule has 5 rings (SSSR count). The van der Waals surface area contributed by atoms with E-state index in [9.17, 15) is 13.6 Å². The minimum Gasteiger partial charge on any atom is -0.322 e. The summed E-state index contributed by atoms with van der Waals surface area (Å²) in [5.74, 6) is 0.774. The van der Waals surface area contributed by atoms with Crippen LogP contribution in [-0.4, -0.2) is 69.1 Å². The fourth-order valence-corrected chi connectivity index (χ4v) is 6.75. The number of halogens is 2. The molecule has 0 spiro atoms. The summed E-state index contributed by atoms with van der Waals surface area (Å²) in [5, 5.41) is 24.1. The average molecular weight is 537 g/mol. The van der Waals surface area contributed by atoms with Gasteiger partial charge in [-0.15, -0.1) is 0 Å². The predicted octanol–water partition coefficient (Wildman–Crippen LogP) is 3.98. The van der Waals surface area contributed by atoms with Crippen LogP contribution in [0.2, 0.25) is 5.02 Å². The predicted molar refractivity (Wildman–Crippen MR) is 134 cm³/mol. The number of aromatic amines is 1. The molecular formula is C23H28ClFN7O3S+. The minimum atomic E-state index is -3.01. The van der Waals surface area contributed by atoms with E-state index in [2.05, 4.69) is 30.8 Å². The third-order valence-corrected chi connectivity index (χ3v) is 9.10. The number of hydrogen-bond donors (Lipinski definition) is 4. The minimum absolute atomic E-state index is 0.0353. The Morgan fingerprint density at radius 3 is 2.53 bits per heavy atom. The van der Waals surface area contributed by atoms with Crippen LogP contribution in [0.15, 0.2) is 24.4 Å². The fraction of sp³-hybridized carbons (Fsp3) is 0.435. The number of nitrogens with one attached hydrogen (secondary N) is 3. The molecule has 2 aromatic heterocycles. The summed E-state index contributed by atoms with van der Waals surface area (Å²) in [5.41, 5.74) is 2.91. The van der Waals surface area contributed by atoms with Crippen LogP contribution in [0.3, 0.4) is 0 Å². The summed E-state index contributed by atoms with van der Waals surface area (Å²) in [4.78, 5) is 8.51. The van der Waals surface area contributed by atoms with Crippen LogP contribution in [0.5, 0.6) is 0 Å². The second-order valence-corrected chi connectivity index (χ2v) is 12.3. The summed E-state index contributed by atoms with van der Waals surface area (Å²) in [6.45, 7) is 4.70. The molecule has 0 amide bonds. The highest BCUT2D eigenvalue weighted by molar-refractivity contribution is 7.92. The maximum Gasteiger partial charge on any atom is 0.229 e. The van der Waals surface area contributed by atoms with Crippen LogP contribution in [0.1, 0.15) is 35.6 Å². The van der Waals surface area contributed by atoms with E-state index < -0.39 is 15.7 Å². The molecule has 4 heterocycles. The van der Waals surface area contributed by atoms with Crippen molar-refractivity contribution in [3.8, 4) is 0 Å². The molecule has 0 aliphatic carbocycles. The van der Waals surface area contributed by atoms with Gasteiger partial charge in [0.15, 0.2) is 21.5 Å². The van der Waals surface area contributed by atoms with E-state index in [0.717, 1.165) is 16.8 Å². The Hall–Kier alpha value is -2.80. The molecular weight excluding hydrogens is 509 g/mol. The lowest BCUT2D eigenvalue weighted by atomic mass is 9.86. The molecule has 4 N–H and O–H groups in total. The summed E-state index contributed by atoms with van der Waals surface area (Å²) in [6.07, 6.45) is 2.73. The van der Waals surface area contributed by atoms with Gasteiger partial charge in [0.2, 0.25) is 5.95 Å². The van der Waals surface area contributed by atoms with Gasteiger partial charge < -0.3 is 10.6 Å². The molecule has 2 aliphatic heterocycles. The molecule has 0 atom stereocenters. The van der Waals surface area contributed by atoms with Crippen molar-refractivity contribution in [2.24, 2.45) is 0 Å². The maximum absolute atomic E-state index is 15.1. The van der Waals surface area contributed by atoms with E-state index in [4.69, 9.17) is 11.6 Å². The Morgan fingerprint density at radius 1 is 1.17 bits per heavy atom. The third-order valence-electron chi connectivity index (χ3n) is 7.04. The van der Waals surface area contributed by atoms with Gasteiger partial charge >= 0.3 is 0 Å². The number of nitrogens with zero attached hydrogens (tertiary/aromatic N) is 4. The van der Waals surface area contributed by atoms with Gasteiger partial charge in [0, 0.05) is 24.6 Å². The first-order valence-electron chi connectivity index (χ1n) is 11.7. The number of likely N-dealkylation sites (tertiary alicyclic amines) is 1. The smallest absolute Gasteiger partial charge is 0.229 e. The number of aromatic nitrogens is 4. The number of hydrogen-bond acceptors (Lipinski definition) is 8. The van der Waals surface area contributed by atoms with Crippen LogP contribution in [0.4, 0.5) is 27.7 Å². The molecule has 192 valence electrons. The molecule has 2 aliphatic rings. The Bertz CT molecular complexity index is 1390. The van der Waals surface area contributed by atoms with Crippen LogP contribution >= 0.6 is 11.6 Å². The molecule has 2 saturated heterocycles. The van der Waals surface area contributed by atoms with Crippen LogP contribution < -0.4 is 10.6 Å². The van der Waals surface area contributed by atoms with Gasteiger partial charge in [-0.2, -0.15) is 14.7 Å². The van der Waals surface area contributed by atoms with Crippen molar-refractivity contribution >= 4 is 44.7 Å². The van der Waals surface area contributed by atoms with Crippen LogP contribution in [0.25, 0.3) is 0 Å². The number of rotatable bonds is 6. The lowest BCUT2D eigenvalue weighted by Gasteiger charge is -2.45. The summed E-state index contributed by atoms with van der Waals surface area (Å²) >= 11 is 6.21. The molecule has 36 heavy (non-hydrogen) atoms. The van der Waals surface area contributed by atoms with E-state index in [1.807, 2.05) is 13.8 Å². The largest absolute Gasteiger partial charge is 0.322 e. The van der Waals surface area contributed by atoms with Crippen molar-refractivity contribution in [2.75, 3.05) is 35.2 Å². The summed E-state index contributed by atoms with van der Waals surface area (Å²) < 4.78 is 38.0. The first-order valence-corrected chi connectivity index (χ1v) is 13.9. The van der Waals surface area contributed by atoms with Gasteiger partial charge in [-0.3, -0.25) is 5.10 Å². The van der Waals surface area contributed by atoms with E-state index in [1.165, 1.54) is 12.3 Å². The Balaban J connectivity index is 1.28. The Labute approximate surface area is 213 Å². The third kappa shape index (κ3) is 5.03. The number of benzene rings is 1. The van der Waals surface area contributed by atoms with Gasteiger partial charge in [0.25, 0.3) is 0 Å². The van der Waals surface area contributed by atoms with Crippen molar-refractivity contribution in [1.82, 2.24) is 20.2 Å². The molecule has 3 aromatic rings. The van der Waals surface area contributed by atoms with Gasteiger partial charge in [-0.1, -0.05) is 11.6 Å². The zero-order valence-electron chi connectivity index (χ0n) is 19.9. The number of quaternary nitrogens is 1. The van der Waals surface area contributed by atoms with Gasteiger partial charge in [-0.25, -0.2) is 23.0 Å². The molecule has 2 fully saturated rings. The zero-order valence-corrected chi connectivity index (χ0v) is 21.5. The molecule has 13 heteroatoms. The summed E-state index contributed by atoms with van der Waals surface area (Å²) in [7, 11) is -3.01. The Kier molecular flexibility index (Phi) is 6.39. The molecule has 0 unspecified atom stereocenters. The maximum atomic E-state index is 15.1. The number of sulfone groups is 1. The van der Waals surface area contributed by atoms with E-state index in [1.54, 1.807) is 12.1 Å². The quantitative estimate of drug-likeness (QED) is 0.348. The molecule has 10 nitrogen and oxygen atoms in total. The van der Waals surface area contributed by atoms with E-state index >= 15 is 4.39 Å². The lowest BCUT2D eigenvalue weighted by molar-refractivity contribution is -1.12. The first-order chi connectivity index (χ1) is 17.0. The first kappa shape index (κ1) is 24.9. The highest BCUT2D eigenvalue weighted by atomic mass is 35.5. The lowest BCUT2D eigenvalue weighted by Crippen LogP contribution is -2.65. The molecule has 0 radical (unpaired) electrons. The highest BCUT2D eigenvalue weighted by Gasteiger charge is 2.50. The fourth-order valence-electron chi connectivity index (χ4n) is 4.98. The van der Waals surface area contributed by atoms with Crippen LogP contribution in [0, 0.1) is 19.7 Å². The molecule has 1 aromatic carbocycles. The van der Waals surface area contributed by atoms with Gasteiger partial charge in [0.05, 0.1) is 11.9 Å². The topological polar surface area (TPSA) is 133 Å².